The molecule has 1 atom stereocenters. The van der Waals surface area contributed by atoms with E-state index in [0.29, 0.717) is 6.61 Å². The van der Waals surface area contributed by atoms with E-state index >= 15 is 0 Å². The van der Waals surface area contributed by atoms with Gasteiger partial charge in [-0.3, -0.25) is 0 Å². The lowest BCUT2D eigenvalue weighted by Gasteiger charge is -2.10. The number of halogens is 1. The second kappa shape index (κ2) is 6.39. The van der Waals surface area contributed by atoms with Crippen LogP contribution in [-0.2, 0) is 6.61 Å². The normalized spacial score (nSPS) is 12.0. The van der Waals surface area contributed by atoms with Crippen LogP contribution in [0.25, 0.3) is 0 Å². The van der Waals surface area contributed by atoms with E-state index < -0.39 is 5.82 Å². The first-order chi connectivity index (χ1) is 9.60. The van der Waals surface area contributed by atoms with E-state index in [1.807, 2.05) is 31.2 Å². The van der Waals surface area contributed by atoms with Crippen molar-refractivity contribution in [2.75, 3.05) is 7.11 Å². The maximum atomic E-state index is 13.8. The van der Waals surface area contributed by atoms with Crippen molar-refractivity contribution in [3.8, 4) is 11.5 Å². The molecule has 0 aliphatic rings. The Balaban J connectivity index is 2.03. The number of rotatable bonds is 5. The topological polar surface area (TPSA) is 44.5 Å². The molecule has 0 spiro atoms. The van der Waals surface area contributed by atoms with Crippen molar-refractivity contribution < 1.29 is 13.9 Å². The molecule has 0 saturated carbocycles. The molecule has 0 bridgehead atoms. The van der Waals surface area contributed by atoms with Gasteiger partial charge >= 0.3 is 0 Å². The average Bonchev–Trinajstić information content (AvgIpc) is 2.46. The summed E-state index contributed by atoms with van der Waals surface area (Å²) in [4.78, 5) is 0. The lowest BCUT2D eigenvalue weighted by Crippen LogP contribution is -2.06. The Morgan fingerprint density at radius 3 is 2.40 bits per heavy atom. The number of methoxy groups -OCH3 is 1. The number of hydrogen-bond donors (Lipinski definition) is 1. The van der Waals surface area contributed by atoms with E-state index in [-0.39, 0.29) is 11.8 Å². The molecule has 0 amide bonds. The van der Waals surface area contributed by atoms with Crippen LogP contribution in [0, 0.1) is 5.82 Å². The second-order valence-electron chi connectivity index (χ2n) is 4.62. The highest BCUT2D eigenvalue weighted by Crippen LogP contribution is 2.22. The summed E-state index contributed by atoms with van der Waals surface area (Å²) in [6.45, 7) is 2.12. The first-order valence-electron chi connectivity index (χ1n) is 6.41. The van der Waals surface area contributed by atoms with E-state index in [4.69, 9.17) is 15.2 Å². The van der Waals surface area contributed by atoms with Crippen molar-refractivity contribution in [1.82, 2.24) is 0 Å². The average molecular weight is 275 g/mol. The van der Waals surface area contributed by atoms with Crippen molar-refractivity contribution in [3.63, 3.8) is 0 Å². The van der Waals surface area contributed by atoms with E-state index in [1.54, 1.807) is 19.2 Å². The van der Waals surface area contributed by atoms with Gasteiger partial charge in [0, 0.05) is 6.04 Å². The first kappa shape index (κ1) is 14.3. The molecule has 0 aromatic heterocycles. The summed E-state index contributed by atoms with van der Waals surface area (Å²) < 4.78 is 24.4. The summed E-state index contributed by atoms with van der Waals surface area (Å²) in [7, 11) is 1.61. The van der Waals surface area contributed by atoms with Gasteiger partial charge in [-0.1, -0.05) is 18.2 Å². The van der Waals surface area contributed by atoms with Crippen LogP contribution in [0.15, 0.2) is 42.5 Å². The molecule has 0 heterocycles. The lowest BCUT2D eigenvalue weighted by atomic mass is 10.1. The fraction of sp³-hybridized carbons (Fsp3) is 0.250. The Hall–Kier alpha value is -2.07. The highest BCUT2D eigenvalue weighted by Gasteiger charge is 2.07. The summed E-state index contributed by atoms with van der Waals surface area (Å²) in [6.07, 6.45) is 0. The van der Waals surface area contributed by atoms with Gasteiger partial charge < -0.3 is 15.2 Å². The Kier molecular flexibility index (Phi) is 4.58. The zero-order valence-corrected chi connectivity index (χ0v) is 11.6. The van der Waals surface area contributed by atoms with Crippen molar-refractivity contribution >= 4 is 0 Å². The monoisotopic (exact) mass is 275 g/mol. The maximum Gasteiger partial charge on any atom is 0.165 e. The van der Waals surface area contributed by atoms with Gasteiger partial charge in [0.2, 0.25) is 0 Å². The van der Waals surface area contributed by atoms with Gasteiger partial charge in [0.25, 0.3) is 0 Å². The van der Waals surface area contributed by atoms with Crippen LogP contribution >= 0.6 is 0 Å². The molecule has 2 aromatic rings. The van der Waals surface area contributed by atoms with Gasteiger partial charge in [0.05, 0.1) is 7.11 Å². The largest absolute Gasteiger partial charge is 0.497 e. The van der Waals surface area contributed by atoms with Crippen molar-refractivity contribution in [1.29, 1.82) is 0 Å². The molecule has 0 aliphatic carbocycles. The molecule has 106 valence electrons. The lowest BCUT2D eigenvalue weighted by molar-refractivity contribution is 0.290. The van der Waals surface area contributed by atoms with Crippen LogP contribution in [-0.4, -0.2) is 7.11 Å². The van der Waals surface area contributed by atoms with Gasteiger partial charge in [0.15, 0.2) is 11.6 Å². The number of hydrogen-bond acceptors (Lipinski definition) is 3. The highest BCUT2D eigenvalue weighted by molar-refractivity contribution is 5.31. The molecule has 0 unspecified atom stereocenters. The Bertz CT molecular complexity index is 567. The summed E-state index contributed by atoms with van der Waals surface area (Å²) in [5.41, 5.74) is 7.40. The van der Waals surface area contributed by atoms with Crippen LogP contribution < -0.4 is 15.2 Å². The third-order valence-electron chi connectivity index (χ3n) is 3.04. The van der Waals surface area contributed by atoms with E-state index in [1.165, 1.54) is 6.07 Å². The molecule has 20 heavy (non-hydrogen) atoms. The first-order valence-corrected chi connectivity index (χ1v) is 6.41. The second-order valence-corrected chi connectivity index (χ2v) is 4.62. The zero-order chi connectivity index (χ0) is 14.5. The van der Waals surface area contributed by atoms with Crippen molar-refractivity contribution in [2.24, 2.45) is 5.73 Å². The molecule has 0 fully saturated rings. The smallest absolute Gasteiger partial charge is 0.165 e. The third-order valence-corrected chi connectivity index (χ3v) is 3.04. The molecule has 0 saturated heterocycles. The molecule has 3 nitrogen and oxygen atoms in total. The molecular formula is C16H18FNO2. The van der Waals surface area contributed by atoms with Gasteiger partial charge in [-0.15, -0.1) is 0 Å². The molecule has 2 rings (SSSR count). The molecule has 2 N–H and O–H groups in total. The van der Waals surface area contributed by atoms with E-state index in [9.17, 15) is 4.39 Å². The minimum absolute atomic E-state index is 0.194. The quantitative estimate of drug-likeness (QED) is 0.909. The molecular weight excluding hydrogens is 257 g/mol. The zero-order valence-electron chi connectivity index (χ0n) is 11.6. The molecule has 2 aromatic carbocycles. The van der Waals surface area contributed by atoms with Crippen molar-refractivity contribution in [2.45, 2.75) is 19.6 Å². The fourth-order valence-electron chi connectivity index (χ4n) is 1.80. The van der Waals surface area contributed by atoms with Crippen molar-refractivity contribution in [3.05, 3.63) is 59.4 Å². The molecule has 0 radical (unpaired) electrons. The molecule has 4 heteroatoms. The minimum Gasteiger partial charge on any atom is -0.497 e. The number of ether oxygens (including phenoxy) is 2. The minimum atomic E-state index is -0.395. The standard InChI is InChI=1S/C16H18FNO2/c1-11(18)13-5-8-16(15(17)9-13)20-10-12-3-6-14(19-2)7-4-12/h3-9,11H,10,18H2,1-2H3/t11-/m0/s1. The van der Waals surface area contributed by atoms with Crippen LogP contribution in [0.1, 0.15) is 24.1 Å². The van der Waals surface area contributed by atoms with Crippen LogP contribution in [0.4, 0.5) is 4.39 Å². The van der Waals surface area contributed by atoms with Crippen LogP contribution in [0.3, 0.4) is 0 Å². The SMILES string of the molecule is COc1ccc(COc2ccc([C@H](C)N)cc2F)cc1. The highest BCUT2D eigenvalue weighted by atomic mass is 19.1. The number of benzene rings is 2. The fourth-order valence-corrected chi connectivity index (χ4v) is 1.80. The van der Waals surface area contributed by atoms with E-state index in [0.717, 1.165) is 16.9 Å². The predicted octanol–water partition coefficient (Wildman–Crippen LogP) is 3.43. The number of nitrogens with two attached hydrogens (primary N) is 1. The summed E-state index contributed by atoms with van der Waals surface area (Å²) in [5, 5.41) is 0. The van der Waals surface area contributed by atoms with E-state index in [2.05, 4.69) is 0 Å². The third kappa shape index (κ3) is 3.48. The summed E-state index contributed by atoms with van der Waals surface area (Å²) in [5.74, 6) is 0.611. The van der Waals surface area contributed by atoms with Gasteiger partial charge in [0.1, 0.15) is 12.4 Å². The van der Waals surface area contributed by atoms with Gasteiger partial charge in [-0.05, 0) is 42.3 Å². The van der Waals surface area contributed by atoms with Gasteiger partial charge in [-0.25, -0.2) is 4.39 Å². The summed E-state index contributed by atoms with van der Waals surface area (Å²) >= 11 is 0. The Morgan fingerprint density at radius 1 is 1.15 bits per heavy atom. The maximum absolute atomic E-state index is 13.8. The van der Waals surface area contributed by atoms with Crippen LogP contribution in [0.5, 0.6) is 11.5 Å². The Labute approximate surface area is 118 Å². The summed E-state index contributed by atoms with van der Waals surface area (Å²) in [6, 6.07) is 12.0. The molecule has 0 aliphatic heterocycles. The van der Waals surface area contributed by atoms with Crippen LogP contribution in [0.2, 0.25) is 0 Å². The van der Waals surface area contributed by atoms with Gasteiger partial charge in [-0.2, -0.15) is 0 Å². The Morgan fingerprint density at radius 2 is 1.85 bits per heavy atom. The predicted molar refractivity (Wildman–Crippen MR) is 76.3 cm³/mol.